The molecule has 2 rings (SSSR count). The van der Waals surface area contributed by atoms with E-state index >= 15 is 0 Å². The Morgan fingerprint density at radius 1 is 1.15 bits per heavy atom. The van der Waals surface area contributed by atoms with Gasteiger partial charge < -0.3 is 9.64 Å². The van der Waals surface area contributed by atoms with E-state index in [1.807, 2.05) is 6.92 Å². The molecule has 6 heteroatoms. The maximum Gasteiger partial charge on any atom is 0.322 e. The maximum absolute atomic E-state index is 5.96. The number of halogens is 1. The average Bonchev–Trinajstić information content (AvgIpc) is 2.46. The summed E-state index contributed by atoms with van der Waals surface area (Å²) in [5.41, 5.74) is 0. The normalized spacial score (nSPS) is 16.4. The Hall–Kier alpha value is -1.10. The van der Waals surface area contributed by atoms with E-state index in [1.54, 1.807) is 0 Å². The molecule has 0 radical (unpaired) electrons. The molecule has 1 aliphatic rings. The highest BCUT2D eigenvalue weighted by Crippen LogP contribution is 2.25. The summed E-state index contributed by atoms with van der Waals surface area (Å²) in [5.74, 6) is 1.48. The molecule has 1 aliphatic heterocycles. The Morgan fingerprint density at radius 3 is 2.55 bits per heavy atom. The maximum atomic E-state index is 5.96. The topological polar surface area (TPSA) is 51.1 Å². The molecular formula is C14H23ClN4O. The lowest BCUT2D eigenvalue weighted by Crippen LogP contribution is -2.35. The van der Waals surface area contributed by atoms with E-state index in [0.29, 0.717) is 18.6 Å². The van der Waals surface area contributed by atoms with Crippen LogP contribution in [0.15, 0.2) is 0 Å². The fourth-order valence-corrected chi connectivity index (χ4v) is 2.70. The summed E-state index contributed by atoms with van der Waals surface area (Å²) in [7, 11) is 0. The predicted molar refractivity (Wildman–Crippen MR) is 80.5 cm³/mol. The van der Waals surface area contributed by atoms with E-state index in [1.165, 1.54) is 25.7 Å². The highest BCUT2D eigenvalue weighted by molar-refractivity contribution is 6.28. The van der Waals surface area contributed by atoms with Crippen molar-refractivity contribution in [3.8, 4) is 6.01 Å². The Kier molecular flexibility index (Phi) is 5.83. The zero-order chi connectivity index (χ0) is 14.4. The summed E-state index contributed by atoms with van der Waals surface area (Å²) in [4.78, 5) is 14.8. The van der Waals surface area contributed by atoms with Gasteiger partial charge in [0.05, 0.1) is 6.61 Å². The van der Waals surface area contributed by atoms with Gasteiger partial charge in [0.1, 0.15) is 0 Å². The molecule has 1 aromatic heterocycles. The molecule has 5 nitrogen and oxygen atoms in total. The second-order valence-electron chi connectivity index (χ2n) is 5.25. The monoisotopic (exact) mass is 298 g/mol. The highest BCUT2D eigenvalue weighted by Gasteiger charge is 2.21. The minimum atomic E-state index is 0.205. The van der Waals surface area contributed by atoms with E-state index in [-0.39, 0.29) is 5.28 Å². The van der Waals surface area contributed by atoms with Crippen LogP contribution in [0.5, 0.6) is 6.01 Å². The van der Waals surface area contributed by atoms with E-state index in [4.69, 9.17) is 16.3 Å². The fraction of sp³-hybridized carbons (Fsp3) is 0.786. The Bertz CT molecular complexity index is 422. The fourth-order valence-electron chi connectivity index (χ4n) is 2.55. The molecule has 0 N–H and O–H groups in total. The SMILES string of the molecule is CCCOc1nc(Cl)nc(N2CCC(CCC)CC2)n1. The van der Waals surface area contributed by atoms with E-state index < -0.39 is 0 Å². The highest BCUT2D eigenvalue weighted by atomic mass is 35.5. The van der Waals surface area contributed by atoms with Gasteiger partial charge in [-0.2, -0.15) is 15.0 Å². The number of anilines is 1. The van der Waals surface area contributed by atoms with Crippen molar-refractivity contribution in [3.63, 3.8) is 0 Å². The first-order chi connectivity index (χ1) is 9.72. The quantitative estimate of drug-likeness (QED) is 0.806. The largest absolute Gasteiger partial charge is 0.463 e. The second-order valence-corrected chi connectivity index (χ2v) is 5.59. The van der Waals surface area contributed by atoms with Crippen LogP contribution in [0.3, 0.4) is 0 Å². The van der Waals surface area contributed by atoms with Crippen molar-refractivity contribution in [1.82, 2.24) is 15.0 Å². The molecule has 0 saturated carbocycles. The third-order valence-corrected chi connectivity index (χ3v) is 3.77. The lowest BCUT2D eigenvalue weighted by molar-refractivity contribution is 0.290. The molecule has 0 aliphatic carbocycles. The van der Waals surface area contributed by atoms with Crippen molar-refractivity contribution >= 4 is 17.5 Å². The number of aromatic nitrogens is 3. The van der Waals surface area contributed by atoms with Crippen LogP contribution in [0.4, 0.5) is 5.95 Å². The molecule has 0 spiro atoms. The number of hydrogen-bond donors (Lipinski definition) is 0. The van der Waals surface area contributed by atoms with Crippen LogP contribution in [-0.2, 0) is 0 Å². The molecule has 112 valence electrons. The van der Waals surface area contributed by atoms with Gasteiger partial charge in [0.25, 0.3) is 0 Å². The van der Waals surface area contributed by atoms with Crippen molar-refractivity contribution in [2.24, 2.45) is 5.92 Å². The third-order valence-electron chi connectivity index (χ3n) is 3.61. The molecule has 1 saturated heterocycles. The van der Waals surface area contributed by atoms with Gasteiger partial charge in [0, 0.05) is 13.1 Å². The van der Waals surface area contributed by atoms with Crippen LogP contribution in [-0.4, -0.2) is 34.6 Å². The van der Waals surface area contributed by atoms with E-state index in [0.717, 1.165) is 25.4 Å². The average molecular weight is 299 g/mol. The minimum absolute atomic E-state index is 0.205. The van der Waals surface area contributed by atoms with Crippen LogP contribution in [0, 0.1) is 5.92 Å². The molecular weight excluding hydrogens is 276 g/mol. The summed E-state index contributed by atoms with van der Waals surface area (Å²) in [6.45, 7) is 6.85. The van der Waals surface area contributed by atoms with Crippen molar-refractivity contribution in [2.75, 3.05) is 24.6 Å². The number of hydrogen-bond acceptors (Lipinski definition) is 5. The molecule has 0 atom stereocenters. The van der Waals surface area contributed by atoms with Gasteiger partial charge in [0.2, 0.25) is 11.2 Å². The van der Waals surface area contributed by atoms with Gasteiger partial charge in [0.15, 0.2) is 0 Å². The standard InChI is InChI=1S/C14H23ClN4O/c1-3-5-11-6-8-19(9-7-11)13-16-12(15)17-14(18-13)20-10-4-2/h11H,3-10H2,1-2H3. The number of rotatable bonds is 6. The number of piperidine rings is 1. The Balaban J connectivity index is 2.00. The van der Waals surface area contributed by atoms with E-state index in [2.05, 4.69) is 26.8 Å². The first-order valence-corrected chi connectivity index (χ1v) is 7.90. The first-order valence-electron chi connectivity index (χ1n) is 7.52. The lowest BCUT2D eigenvalue weighted by atomic mass is 9.93. The zero-order valence-corrected chi connectivity index (χ0v) is 13.1. The summed E-state index contributed by atoms with van der Waals surface area (Å²) in [5, 5.41) is 0.205. The van der Waals surface area contributed by atoms with Crippen molar-refractivity contribution in [2.45, 2.75) is 46.0 Å². The molecule has 0 bridgehead atoms. The van der Waals surface area contributed by atoms with Crippen LogP contribution >= 0.6 is 11.6 Å². The molecule has 1 fully saturated rings. The minimum Gasteiger partial charge on any atom is -0.463 e. The lowest BCUT2D eigenvalue weighted by Gasteiger charge is -2.31. The molecule has 1 aromatic rings. The van der Waals surface area contributed by atoms with Gasteiger partial charge in [-0.15, -0.1) is 0 Å². The molecule has 20 heavy (non-hydrogen) atoms. The summed E-state index contributed by atoms with van der Waals surface area (Å²) in [6.07, 6.45) is 5.89. The second kappa shape index (κ2) is 7.62. The van der Waals surface area contributed by atoms with Gasteiger partial charge in [-0.3, -0.25) is 0 Å². The van der Waals surface area contributed by atoms with Crippen molar-refractivity contribution < 1.29 is 4.74 Å². The number of nitrogens with zero attached hydrogens (tertiary/aromatic N) is 4. The molecule has 0 aromatic carbocycles. The van der Waals surface area contributed by atoms with Crippen molar-refractivity contribution in [1.29, 1.82) is 0 Å². The molecule has 2 heterocycles. The van der Waals surface area contributed by atoms with Gasteiger partial charge >= 0.3 is 6.01 Å². The Labute approximate surface area is 125 Å². The predicted octanol–water partition coefficient (Wildman–Crippen LogP) is 3.33. The van der Waals surface area contributed by atoms with Crippen LogP contribution < -0.4 is 9.64 Å². The third kappa shape index (κ3) is 4.20. The first kappa shape index (κ1) is 15.3. The summed E-state index contributed by atoms with van der Waals surface area (Å²) >= 11 is 5.96. The molecule has 0 unspecified atom stereocenters. The summed E-state index contributed by atoms with van der Waals surface area (Å²) in [6, 6.07) is 0.331. The van der Waals surface area contributed by atoms with Gasteiger partial charge in [-0.25, -0.2) is 0 Å². The van der Waals surface area contributed by atoms with Crippen LogP contribution in [0.2, 0.25) is 5.28 Å². The van der Waals surface area contributed by atoms with Gasteiger partial charge in [-0.05, 0) is 36.8 Å². The smallest absolute Gasteiger partial charge is 0.322 e. The Morgan fingerprint density at radius 2 is 1.90 bits per heavy atom. The van der Waals surface area contributed by atoms with Crippen LogP contribution in [0.25, 0.3) is 0 Å². The van der Waals surface area contributed by atoms with Gasteiger partial charge in [-0.1, -0.05) is 26.7 Å². The summed E-state index contributed by atoms with van der Waals surface area (Å²) < 4.78 is 5.45. The molecule has 0 amide bonds. The number of ether oxygens (including phenoxy) is 1. The van der Waals surface area contributed by atoms with Crippen molar-refractivity contribution in [3.05, 3.63) is 5.28 Å². The van der Waals surface area contributed by atoms with E-state index in [9.17, 15) is 0 Å². The van der Waals surface area contributed by atoms with Crippen LogP contribution in [0.1, 0.15) is 46.0 Å². The zero-order valence-electron chi connectivity index (χ0n) is 12.3.